The molecule has 0 bridgehead atoms. The Morgan fingerprint density at radius 3 is 2.86 bits per heavy atom. The fourth-order valence-electron chi connectivity index (χ4n) is 2.52. The van der Waals surface area contributed by atoms with Gasteiger partial charge in [0.05, 0.1) is 12.0 Å². The molecule has 110 valence electrons. The number of hydrogen-bond acceptors (Lipinski definition) is 2. The quantitative estimate of drug-likeness (QED) is 0.850. The summed E-state index contributed by atoms with van der Waals surface area (Å²) >= 11 is 5.84. The Balaban J connectivity index is 1.63. The van der Waals surface area contributed by atoms with Gasteiger partial charge in [-0.05, 0) is 37.1 Å². The van der Waals surface area contributed by atoms with Crippen molar-refractivity contribution in [3.05, 3.63) is 47.0 Å². The molecule has 1 aliphatic heterocycles. The monoisotopic (exact) mass is 304 g/mol. The van der Waals surface area contributed by atoms with Crippen LogP contribution < -0.4 is 5.32 Å². The van der Waals surface area contributed by atoms with Crippen LogP contribution in [0.15, 0.2) is 30.6 Å². The Kier molecular flexibility index (Phi) is 4.10. The Morgan fingerprint density at radius 1 is 1.24 bits per heavy atom. The number of rotatable bonds is 1. The minimum absolute atomic E-state index is 0.0729. The van der Waals surface area contributed by atoms with Crippen LogP contribution in [0.25, 0.3) is 0 Å². The van der Waals surface area contributed by atoms with Gasteiger partial charge in [0.2, 0.25) is 0 Å². The first kappa shape index (κ1) is 13.9. The first-order chi connectivity index (χ1) is 10.2. The topological polar surface area (TPSA) is 61.0 Å². The molecule has 0 saturated carbocycles. The standard InChI is InChI=1S/C15H17ClN4O/c16-11-3-5-12(6-4-11)19-15(21)20-8-1-2-13-14(7-9-20)18-10-17-13/h3-6,10H,1-2,7-9H2,(H,17,18)(H,19,21). The van der Waals surface area contributed by atoms with Crippen molar-refractivity contribution in [2.45, 2.75) is 19.3 Å². The number of carbonyl (C=O) groups is 1. The summed E-state index contributed by atoms with van der Waals surface area (Å²) in [5.41, 5.74) is 3.03. The molecule has 6 heteroatoms. The highest BCUT2D eigenvalue weighted by Crippen LogP contribution is 2.16. The summed E-state index contributed by atoms with van der Waals surface area (Å²) in [4.78, 5) is 21.7. The Labute approximate surface area is 128 Å². The lowest BCUT2D eigenvalue weighted by atomic mass is 10.1. The van der Waals surface area contributed by atoms with Gasteiger partial charge in [0.25, 0.3) is 0 Å². The molecule has 21 heavy (non-hydrogen) atoms. The normalized spacial score (nSPS) is 15.0. The maximum Gasteiger partial charge on any atom is 0.321 e. The second kappa shape index (κ2) is 6.18. The Bertz CT molecular complexity index is 623. The number of nitrogens with zero attached hydrogens (tertiary/aromatic N) is 2. The van der Waals surface area contributed by atoms with Gasteiger partial charge in [-0.25, -0.2) is 9.78 Å². The molecule has 2 heterocycles. The van der Waals surface area contributed by atoms with E-state index in [2.05, 4.69) is 15.3 Å². The van der Waals surface area contributed by atoms with Crippen LogP contribution in [0.4, 0.5) is 10.5 Å². The van der Waals surface area contributed by atoms with Crippen molar-refractivity contribution in [2.24, 2.45) is 0 Å². The van der Waals surface area contributed by atoms with E-state index in [0.29, 0.717) is 11.6 Å². The summed E-state index contributed by atoms with van der Waals surface area (Å²) in [6.07, 6.45) is 4.38. The lowest BCUT2D eigenvalue weighted by Crippen LogP contribution is -2.38. The molecule has 0 aliphatic carbocycles. The van der Waals surface area contributed by atoms with Gasteiger partial charge in [-0.15, -0.1) is 0 Å². The minimum Gasteiger partial charge on any atom is -0.348 e. The molecule has 0 saturated heterocycles. The number of nitrogens with one attached hydrogen (secondary N) is 2. The van der Waals surface area contributed by atoms with Gasteiger partial charge in [-0.3, -0.25) is 0 Å². The third-order valence-corrected chi connectivity index (χ3v) is 3.92. The van der Waals surface area contributed by atoms with Crippen molar-refractivity contribution in [3.63, 3.8) is 0 Å². The molecule has 2 N–H and O–H groups in total. The number of amides is 2. The second-order valence-corrected chi connectivity index (χ2v) is 5.54. The van der Waals surface area contributed by atoms with Crippen molar-refractivity contribution in [2.75, 3.05) is 18.4 Å². The summed E-state index contributed by atoms with van der Waals surface area (Å²) in [6.45, 7) is 1.43. The molecule has 2 aromatic rings. The predicted octanol–water partition coefficient (Wildman–Crippen LogP) is 3.09. The van der Waals surface area contributed by atoms with Crippen LogP contribution in [0.3, 0.4) is 0 Å². The van der Waals surface area contributed by atoms with Crippen molar-refractivity contribution in [1.82, 2.24) is 14.9 Å². The van der Waals surface area contributed by atoms with E-state index in [4.69, 9.17) is 11.6 Å². The SMILES string of the molecule is O=C(Nc1ccc(Cl)cc1)N1CCCc2[nH]cnc2CC1. The highest BCUT2D eigenvalue weighted by Gasteiger charge is 2.18. The molecule has 1 aromatic carbocycles. The van der Waals surface area contributed by atoms with E-state index in [1.807, 2.05) is 4.90 Å². The molecule has 0 unspecified atom stereocenters. The number of carbonyl (C=O) groups excluding carboxylic acids is 1. The van der Waals surface area contributed by atoms with Crippen molar-refractivity contribution in [3.8, 4) is 0 Å². The minimum atomic E-state index is -0.0729. The number of hydrogen-bond donors (Lipinski definition) is 2. The molecule has 0 atom stereocenters. The summed E-state index contributed by atoms with van der Waals surface area (Å²) in [6, 6.07) is 7.06. The number of urea groups is 1. The van der Waals surface area contributed by atoms with E-state index in [-0.39, 0.29) is 6.03 Å². The second-order valence-electron chi connectivity index (χ2n) is 5.11. The maximum atomic E-state index is 12.3. The van der Waals surface area contributed by atoms with Gasteiger partial charge in [0.15, 0.2) is 0 Å². The molecular weight excluding hydrogens is 288 g/mol. The molecule has 0 radical (unpaired) electrons. The van der Waals surface area contributed by atoms with E-state index in [9.17, 15) is 4.79 Å². The van der Waals surface area contributed by atoms with Crippen LogP contribution in [0.1, 0.15) is 17.8 Å². The van der Waals surface area contributed by atoms with Crippen molar-refractivity contribution in [1.29, 1.82) is 0 Å². The smallest absolute Gasteiger partial charge is 0.321 e. The number of aromatic amines is 1. The Hall–Kier alpha value is -2.01. The third kappa shape index (κ3) is 3.36. The highest BCUT2D eigenvalue weighted by molar-refractivity contribution is 6.30. The van der Waals surface area contributed by atoms with Crippen LogP contribution in [-0.4, -0.2) is 34.0 Å². The van der Waals surface area contributed by atoms with E-state index in [1.165, 1.54) is 5.69 Å². The Morgan fingerprint density at radius 2 is 2.05 bits per heavy atom. The first-order valence-corrected chi connectivity index (χ1v) is 7.43. The number of H-pyrrole nitrogens is 1. The zero-order valence-corrected chi connectivity index (χ0v) is 12.4. The van der Waals surface area contributed by atoms with Gasteiger partial charge < -0.3 is 15.2 Å². The van der Waals surface area contributed by atoms with Gasteiger partial charge in [0.1, 0.15) is 0 Å². The lowest BCUT2D eigenvalue weighted by Gasteiger charge is -2.24. The fourth-order valence-corrected chi connectivity index (χ4v) is 2.65. The average Bonchev–Trinajstić information content (AvgIpc) is 2.88. The number of fused-ring (bicyclic) bond motifs is 1. The molecule has 5 nitrogen and oxygen atoms in total. The summed E-state index contributed by atoms with van der Waals surface area (Å²) in [5, 5.41) is 3.56. The molecule has 1 aromatic heterocycles. The highest BCUT2D eigenvalue weighted by atomic mass is 35.5. The van der Waals surface area contributed by atoms with Gasteiger partial charge in [-0.1, -0.05) is 11.6 Å². The van der Waals surface area contributed by atoms with E-state index >= 15 is 0 Å². The summed E-state index contributed by atoms with van der Waals surface area (Å²) in [7, 11) is 0. The molecule has 2 amide bonds. The summed E-state index contributed by atoms with van der Waals surface area (Å²) in [5.74, 6) is 0. The van der Waals surface area contributed by atoms with Gasteiger partial charge in [0, 0.05) is 35.9 Å². The number of anilines is 1. The molecule has 3 rings (SSSR count). The predicted molar refractivity (Wildman–Crippen MR) is 82.7 cm³/mol. The van der Waals surface area contributed by atoms with Crippen LogP contribution in [-0.2, 0) is 12.8 Å². The number of imidazole rings is 1. The third-order valence-electron chi connectivity index (χ3n) is 3.66. The van der Waals surface area contributed by atoms with E-state index < -0.39 is 0 Å². The number of aromatic nitrogens is 2. The van der Waals surface area contributed by atoms with Crippen molar-refractivity contribution >= 4 is 23.3 Å². The van der Waals surface area contributed by atoms with Crippen LogP contribution in [0.5, 0.6) is 0 Å². The average molecular weight is 305 g/mol. The summed E-state index contributed by atoms with van der Waals surface area (Å²) < 4.78 is 0. The van der Waals surface area contributed by atoms with E-state index in [0.717, 1.165) is 37.2 Å². The van der Waals surface area contributed by atoms with E-state index in [1.54, 1.807) is 30.6 Å². The maximum absolute atomic E-state index is 12.3. The molecule has 0 spiro atoms. The lowest BCUT2D eigenvalue weighted by molar-refractivity contribution is 0.210. The molecular formula is C15H17ClN4O. The van der Waals surface area contributed by atoms with Gasteiger partial charge in [-0.2, -0.15) is 0 Å². The first-order valence-electron chi connectivity index (χ1n) is 7.05. The molecule has 0 fully saturated rings. The fraction of sp³-hybridized carbons (Fsp3) is 0.333. The van der Waals surface area contributed by atoms with Gasteiger partial charge >= 0.3 is 6.03 Å². The zero-order valence-electron chi connectivity index (χ0n) is 11.6. The largest absolute Gasteiger partial charge is 0.348 e. The number of aryl methyl sites for hydroxylation is 1. The van der Waals surface area contributed by atoms with Crippen LogP contribution >= 0.6 is 11.6 Å². The number of halogens is 1. The van der Waals surface area contributed by atoms with Crippen LogP contribution in [0.2, 0.25) is 5.02 Å². The number of benzene rings is 1. The zero-order chi connectivity index (χ0) is 14.7. The van der Waals surface area contributed by atoms with Crippen molar-refractivity contribution < 1.29 is 4.79 Å². The molecule has 1 aliphatic rings. The van der Waals surface area contributed by atoms with Crippen LogP contribution in [0, 0.1) is 0 Å².